The van der Waals surface area contributed by atoms with Crippen molar-refractivity contribution in [3.05, 3.63) is 21.6 Å². The lowest BCUT2D eigenvalue weighted by Gasteiger charge is -2.24. The fourth-order valence-electron chi connectivity index (χ4n) is 2.87. The molecule has 1 atom stereocenters. The third-order valence-electron chi connectivity index (χ3n) is 3.98. The predicted octanol–water partition coefficient (Wildman–Crippen LogP) is 2.24. The Morgan fingerprint density at radius 3 is 2.85 bits per heavy atom. The van der Waals surface area contributed by atoms with Crippen molar-refractivity contribution in [2.24, 2.45) is 11.7 Å². The highest BCUT2D eigenvalue weighted by Gasteiger charge is 2.24. The molecule has 1 aliphatic carbocycles. The molecule has 3 N–H and O–H groups in total. The molecule has 0 amide bonds. The van der Waals surface area contributed by atoms with Gasteiger partial charge in [-0.15, -0.1) is 0 Å². The van der Waals surface area contributed by atoms with Crippen LogP contribution in [0.3, 0.4) is 0 Å². The first-order chi connectivity index (χ1) is 9.67. The summed E-state index contributed by atoms with van der Waals surface area (Å²) in [5.74, 6) is 0.564. The maximum Gasteiger partial charge on any atom is 0.287 e. The smallest absolute Gasteiger partial charge is 0.287 e. The van der Waals surface area contributed by atoms with Gasteiger partial charge in [-0.05, 0) is 25.2 Å². The van der Waals surface area contributed by atoms with E-state index in [0.29, 0.717) is 24.7 Å². The Morgan fingerprint density at radius 1 is 1.55 bits per heavy atom. The van der Waals surface area contributed by atoms with Gasteiger partial charge in [0.05, 0.1) is 11.9 Å². The summed E-state index contributed by atoms with van der Waals surface area (Å²) >= 11 is 6.17. The number of aromatic nitrogens is 2. The van der Waals surface area contributed by atoms with E-state index < -0.39 is 0 Å². The molecular weight excluding hydrogens is 276 g/mol. The van der Waals surface area contributed by atoms with E-state index in [0.717, 1.165) is 6.42 Å². The lowest BCUT2D eigenvalue weighted by atomic mass is 9.98. The number of hydrogen-bond acceptors (Lipinski definition) is 4. The van der Waals surface area contributed by atoms with Crippen molar-refractivity contribution in [2.45, 2.75) is 51.6 Å². The number of halogens is 1. The van der Waals surface area contributed by atoms with Crippen LogP contribution in [0, 0.1) is 5.92 Å². The molecule has 0 saturated heterocycles. The van der Waals surface area contributed by atoms with Crippen molar-refractivity contribution in [2.75, 3.05) is 11.9 Å². The van der Waals surface area contributed by atoms with Crippen molar-refractivity contribution in [3.8, 4) is 0 Å². The maximum absolute atomic E-state index is 12.1. The van der Waals surface area contributed by atoms with Crippen molar-refractivity contribution in [1.29, 1.82) is 0 Å². The van der Waals surface area contributed by atoms with Gasteiger partial charge in [0, 0.05) is 19.1 Å². The molecule has 1 saturated carbocycles. The van der Waals surface area contributed by atoms with Crippen LogP contribution in [-0.4, -0.2) is 22.4 Å². The van der Waals surface area contributed by atoms with E-state index in [2.05, 4.69) is 10.4 Å². The second-order valence-corrected chi connectivity index (χ2v) is 5.81. The van der Waals surface area contributed by atoms with E-state index in [1.54, 1.807) is 6.20 Å². The Labute approximate surface area is 124 Å². The summed E-state index contributed by atoms with van der Waals surface area (Å²) in [7, 11) is 0. The molecular formula is C14H23ClN4O. The monoisotopic (exact) mass is 298 g/mol. The Morgan fingerprint density at radius 2 is 2.25 bits per heavy atom. The van der Waals surface area contributed by atoms with Gasteiger partial charge in [-0.3, -0.25) is 4.79 Å². The lowest BCUT2D eigenvalue weighted by molar-refractivity contribution is 0.461. The molecule has 1 aromatic rings. The number of anilines is 1. The van der Waals surface area contributed by atoms with Gasteiger partial charge in [-0.2, -0.15) is 5.10 Å². The minimum atomic E-state index is -0.235. The van der Waals surface area contributed by atoms with E-state index in [9.17, 15) is 4.79 Å². The SMILES string of the molecule is CCCn1ncc(NC(CN)C2CCCC2)c(Cl)c1=O. The van der Waals surface area contributed by atoms with Gasteiger partial charge in [0.25, 0.3) is 5.56 Å². The lowest BCUT2D eigenvalue weighted by Crippen LogP contribution is -2.36. The van der Waals surface area contributed by atoms with E-state index in [4.69, 9.17) is 17.3 Å². The van der Waals surface area contributed by atoms with Gasteiger partial charge in [0.15, 0.2) is 0 Å². The number of nitrogens with one attached hydrogen (secondary N) is 1. The molecule has 0 aromatic carbocycles. The predicted molar refractivity (Wildman–Crippen MR) is 82.2 cm³/mol. The third kappa shape index (κ3) is 3.33. The Kier molecular flexibility index (Phi) is 5.43. The second kappa shape index (κ2) is 7.09. The highest BCUT2D eigenvalue weighted by molar-refractivity contribution is 6.32. The number of nitrogens with two attached hydrogens (primary N) is 1. The average molecular weight is 299 g/mol. The highest BCUT2D eigenvalue weighted by Crippen LogP contribution is 2.29. The molecule has 1 unspecified atom stereocenters. The molecule has 1 aromatic heterocycles. The normalized spacial score (nSPS) is 17.4. The van der Waals surface area contributed by atoms with Gasteiger partial charge < -0.3 is 11.1 Å². The zero-order chi connectivity index (χ0) is 14.5. The van der Waals surface area contributed by atoms with Crippen molar-refractivity contribution in [1.82, 2.24) is 9.78 Å². The van der Waals surface area contributed by atoms with Gasteiger partial charge in [-0.25, -0.2) is 4.68 Å². The largest absolute Gasteiger partial charge is 0.378 e. The topological polar surface area (TPSA) is 72.9 Å². The fraction of sp³-hybridized carbons (Fsp3) is 0.714. The summed E-state index contributed by atoms with van der Waals surface area (Å²) in [5, 5.41) is 7.69. The standard InChI is InChI=1S/C14H23ClN4O/c1-2-7-19-14(20)13(15)12(9-17-19)18-11(8-16)10-5-3-4-6-10/h9-11,18H,2-8,16H2,1H3. The van der Waals surface area contributed by atoms with Crippen LogP contribution < -0.4 is 16.6 Å². The summed E-state index contributed by atoms with van der Waals surface area (Å²) in [5.41, 5.74) is 6.22. The van der Waals surface area contributed by atoms with Crippen molar-refractivity contribution in [3.63, 3.8) is 0 Å². The molecule has 5 nitrogen and oxygen atoms in total. The van der Waals surface area contributed by atoms with Crippen LogP contribution in [-0.2, 0) is 6.54 Å². The maximum atomic E-state index is 12.1. The minimum absolute atomic E-state index is 0.165. The number of aryl methyl sites for hydroxylation is 1. The van der Waals surface area contributed by atoms with Gasteiger partial charge in [0.1, 0.15) is 5.02 Å². The van der Waals surface area contributed by atoms with E-state index in [1.807, 2.05) is 6.92 Å². The number of rotatable bonds is 6. The van der Waals surface area contributed by atoms with Crippen LogP contribution >= 0.6 is 11.6 Å². The highest BCUT2D eigenvalue weighted by atomic mass is 35.5. The molecule has 20 heavy (non-hydrogen) atoms. The molecule has 2 rings (SSSR count). The molecule has 0 bridgehead atoms. The van der Waals surface area contributed by atoms with E-state index in [1.165, 1.54) is 30.4 Å². The quantitative estimate of drug-likeness (QED) is 0.845. The Bertz CT molecular complexity index is 496. The molecule has 0 spiro atoms. The summed E-state index contributed by atoms with van der Waals surface area (Å²) in [4.78, 5) is 12.1. The van der Waals surface area contributed by atoms with Gasteiger partial charge in [-0.1, -0.05) is 31.4 Å². The van der Waals surface area contributed by atoms with E-state index in [-0.39, 0.29) is 16.6 Å². The van der Waals surface area contributed by atoms with Crippen LogP contribution in [0.5, 0.6) is 0 Å². The first kappa shape index (κ1) is 15.3. The zero-order valence-electron chi connectivity index (χ0n) is 11.9. The minimum Gasteiger partial charge on any atom is -0.378 e. The van der Waals surface area contributed by atoms with Crippen LogP contribution in [0.15, 0.2) is 11.0 Å². The molecule has 1 aliphatic rings. The molecule has 1 heterocycles. The summed E-state index contributed by atoms with van der Waals surface area (Å²) < 4.78 is 1.40. The fourth-order valence-corrected chi connectivity index (χ4v) is 3.07. The van der Waals surface area contributed by atoms with Gasteiger partial charge >= 0.3 is 0 Å². The molecule has 6 heteroatoms. The molecule has 112 valence electrons. The van der Waals surface area contributed by atoms with Crippen LogP contribution in [0.25, 0.3) is 0 Å². The van der Waals surface area contributed by atoms with Crippen molar-refractivity contribution < 1.29 is 0 Å². The van der Waals surface area contributed by atoms with Gasteiger partial charge in [0.2, 0.25) is 0 Å². The van der Waals surface area contributed by atoms with E-state index >= 15 is 0 Å². The summed E-state index contributed by atoms with van der Waals surface area (Å²) in [6.45, 7) is 3.12. The number of nitrogens with zero attached hydrogens (tertiary/aromatic N) is 2. The molecule has 1 fully saturated rings. The summed E-state index contributed by atoms with van der Waals surface area (Å²) in [6.07, 6.45) is 7.37. The molecule has 0 radical (unpaired) electrons. The van der Waals surface area contributed by atoms with Crippen molar-refractivity contribution >= 4 is 17.3 Å². The van der Waals surface area contributed by atoms with Crippen LogP contribution in [0.2, 0.25) is 5.02 Å². The Balaban J connectivity index is 2.16. The first-order valence-corrected chi connectivity index (χ1v) is 7.77. The first-order valence-electron chi connectivity index (χ1n) is 7.39. The zero-order valence-corrected chi connectivity index (χ0v) is 12.7. The Hall–Kier alpha value is -1.07. The second-order valence-electron chi connectivity index (χ2n) is 5.43. The number of hydrogen-bond donors (Lipinski definition) is 2. The molecule has 0 aliphatic heterocycles. The third-order valence-corrected chi connectivity index (χ3v) is 4.35. The van der Waals surface area contributed by atoms with Crippen LogP contribution in [0.1, 0.15) is 39.0 Å². The summed E-state index contributed by atoms with van der Waals surface area (Å²) in [6, 6.07) is 0.165. The van der Waals surface area contributed by atoms with Crippen LogP contribution in [0.4, 0.5) is 5.69 Å². The average Bonchev–Trinajstić information content (AvgIpc) is 2.97.